The van der Waals surface area contributed by atoms with Crippen LogP contribution in [0, 0.1) is 5.82 Å². The van der Waals surface area contributed by atoms with Crippen LogP contribution in [-0.4, -0.2) is 6.18 Å². The Morgan fingerprint density at radius 2 is 1.53 bits per heavy atom. The van der Waals surface area contributed by atoms with Crippen LogP contribution in [0.25, 0.3) is 0 Å². The van der Waals surface area contributed by atoms with Crippen LogP contribution in [0.4, 0.5) is 30.7 Å². The molecule has 0 heterocycles. The molecule has 1 aromatic carbocycles. The molecule has 0 radical (unpaired) electrons. The van der Waals surface area contributed by atoms with Crippen molar-refractivity contribution in [2.45, 2.75) is 24.8 Å². The van der Waals surface area contributed by atoms with Gasteiger partial charge in [-0.2, -0.15) is 26.3 Å². The first-order valence-corrected chi connectivity index (χ1v) is 4.69. The number of hydrogen-bond donors (Lipinski definition) is 1. The molecule has 1 nitrogen and oxygen atoms in total. The third kappa shape index (κ3) is 5.65. The summed E-state index contributed by atoms with van der Waals surface area (Å²) in [6, 6.07) is -0.559. The Balaban J connectivity index is 0.00000324. The molecule has 0 aliphatic heterocycles. The average molecular weight is 312 g/mol. The normalized spacial score (nSPS) is 13.9. The van der Waals surface area contributed by atoms with Gasteiger partial charge in [0.2, 0.25) is 0 Å². The summed E-state index contributed by atoms with van der Waals surface area (Å²) in [4.78, 5) is 0. The van der Waals surface area contributed by atoms with Crippen molar-refractivity contribution in [3.63, 3.8) is 0 Å². The topological polar surface area (TPSA) is 26.0 Å². The van der Waals surface area contributed by atoms with Crippen molar-refractivity contribution in [2.75, 3.05) is 0 Å². The molecular weight excluding hydrogens is 303 g/mol. The van der Waals surface area contributed by atoms with Gasteiger partial charge >= 0.3 is 12.4 Å². The molecular formula is C10H9ClF7N. The molecule has 9 heteroatoms. The Labute approximate surface area is 110 Å². The van der Waals surface area contributed by atoms with Crippen LogP contribution in [0.1, 0.15) is 23.6 Å². The summed E-state index contributed by atoms with van der Waals surface area (Å²) in [6.45, 7) is 0. The van der Waals surface area contributed by atoms with Gasteiger partial charge in [0.05, 0.1) is 12.0 Å². The second-order valence-electron chi connectivity index (χ2n) is 3.70. The lowest BCUT2D eigenvalue weighted by Gasteiger charge is -2.16. The van der Waals surface area contributed by atoms with Crippen molar-refractivity contribution in [3.05, 3.63) is 35.1 Å². The molecule has 0 aliphatic rings. The van der Waals surface area contributed by atoms with Crippen molar-refractivity contribution < 1.29 is 30.7 Å². The summed E-state index contributed by atoms with van der Waals surface area (Å²) >= 11 is 0. The minimum absolute atomic E-state index is 0. The molecule has 0 aliphatic carbocycles. The third-order valence-corrected chi connectivity index (χ3v) is 2.13. The fraction of sp³-hybridized carbons (Fsp3) is 0.400. The van der Waals surface area contributed by atoms with Crippen LogP contribution in [0.3, 0.4) is 0 Å². The minimum atomic E-state index is -4.84. The van der Waals surface area contributed by atoms with Crippen molar-refractivity contribution in [3.8, 4) is 0 Å². The molecule has 19 heavy (non-hydrogen) atoms. The number of alkyl halides is 6. The molecule has 1 atom stereocenters. The predicted octanol–water partition coefficient (Wildman–Crippen LogP) is 4.22. The monoisotopic (exact) mass is 311 g/mol. The Bertz CT molecular complexity index is 427. The first-order valence-electron chi connectivity index (χ1n) is 4.69. The van der Waals surface area contributed by atoms with E-state index >= 15 is 0 Å². The first kappa shape index (κ1) is 18.0. The highest BCUT2D eigenvalue weighted by atomic mass is 35.5. The van der Waals surface area contributed by atoms with E-state index in [1.807, 2.05) is 0 Å². The lowest BCUT2D eigenvalue weighted by molar-refractivity contribution is -0.138. The number of rotatable bonds is 2. The summed E-state index contributed by atoms with van der Waals surface area (Å²) in [5, 5.41) is 0. The van der Waals surface area contributed by atoms with Gasteiger partial charge in [0.1, 0.15) is 5.82 Å². The number of hydrogen-bond acceptors (Lipinski definition) is 1. The molecule has 1 aromatic rings. The van der Waals surface area contributed by atoms with Crippen molar-refractivity contribution in [1.29, 1.82) is 0 Å². The summed E-state index contributed by atoms with van der Waals surface area (Å²) in [7, 11) is 0. The minimum Gasteiger partial charge on any atom is -0.324 e. The highest BCUT2D eigenvalue weighted by molar-refractivity contribution is 5.85. The summed E-state index contributed by atoms with van der Waals surface area (Å²) in [5.74, 6) is -1.28. The number of halogens is 8. The Kier molecular flexibility index (Phi) is 5.64. The van der Waals surface area contributed by atoms with Crippen LogP contribution in [0.15, 0.2) is 18.2 Å². The van der Waals surface area contributed by atoms with E-state index in [4.69, 9.17) is 5.73 Å². The molecule has 0 saturated heterocycles. The zero-order valence-corrected chi connectivity index (χ0v) is 9.96. The molecule has 0 aromatic heterocycles. The van der Waals surface area contributed by atoms with Crippen LogP contribution in [0.2, 0.25) is 0 Å². The van der Waals surface area contributed by atoms with Gasteiger partial charge in [0.15, 0.2) is 0 Å². The molecule has 2 N–H and O–H groups in total. The van der Waals surface area contributed by atoms with Crippen LogP contribution >= 0.6 is 12.4 Å². The lowest BCUT2D eigenvalue weighted by atomic mass is 10.0. The molecule has 0 amide bonds. The van der Waals surface area contributed by atoms with Crippen molar-refractivity contribution >= 4 is 12.4 Å². The van der Waals surface area contributed by atoms with E-state index in [1.54, 1.807) is 0 Å². The fourth-order valence-electron chi connectivity index (χ4n) is 1.36. The van der Waals surface area contributed by atoms with Crippen molar-refractivity contribution in [2.24, 2.45) is 5.73 Å². The van der Waals surface area contributed by atoms with Gasteiger partial charge in [-0.05, 0) is 23.8 Å². The third-order valence-electron chi connectivity index (χ3n) is 2.13. The van der Waals surface area contributed by atoms with E-state index in [9.17, 15) is 30.7 Å². The predicted molar refractivity (Wildman–Crippen MR) is 56.3 cm³/mol. The Hall–Kier alpha value is -1.02. The van der Waals surface area contributed by atoms with Gasteiger partial charge in [-0.1, -0.05) is 0 Å². The van der Waals surface area contributed by atoms with E-state index < -0.39 is 41.8 Å². The van der Waals surface area contributed by atoms with Gasteiger partial charge < -0.3 is 5.73 Å². The Morgan fingerprint density at radius 1 is 1.00 bits per heavy atom. The van der Waals surface area contributed by atoms with Crippen LogP contribution in [0.5, 0.6) is 0 Å². The standard InChI is InChI=1S/C10H8F7N.ClH/c11-7-2-5(8(18)4-9(12,13)14)1-6(3-7)10(15,16)17;/h1-3,8H,4,18H2;1H/t8-;/m0./s1. The van der Waals surface area contributed by atoms with Gasteiger partial charge in [-0.3, -0.25) is 0 Å². The number of benzene rings is 1. The molecule has 0 bridgehead atoms. The van der Waals surface area contributed by atoms with E-state index in [2.05, 4.69) is 0 Å². The molecule has 110 valence electrons. The summed E-state index contributed by atoms with van der Waals surface area (Å²) in [6.07, 6.45) is -11.0. The largest absolute Gasteiger partial charge is 0.416 e. The quantitative estimate of drug-likeness (QED) is 0.813. The van der Waals surface area contributed by atoms with Crippen molar-refractivity contribution in [1.82, 2.24) is 0 Å². The maximum absolute atomic E-state index is 12.9. The zero-order chi connectivity index (χ0) is 14.1. The summed E-state index contributed by atoms with van der Waals surface area (Å²) in [5.41, 5.74) is 3.20. The second kappa shape index (κ2) is 5.96. The highest BCUT2D eigenvalue weighted by Gasteiger charge is 2.34. The maximum atomic E-state index is 12.9. The maximum Gasteiger partial charge on any atom is 0.416 e. The summed E-state index contributed by atoms with van der Waals surface area (Å²) < 4.78 is 86.0. The van der Waals surface area contributed by atoms with E-state index in [-0.39, 0.29) is 18.5 Å². The van der Waals surface area contributed by atoms with E-state index in [0.29, 0.717) is 12.1 Å². The molecule has 0 fully saturated rings. The zero-order valence-electron chi connectivity index (χ0n) is 9.15. The average Bonchev–Trinajstić information content (AvgIpc) is 2.12. The van der Waals surface area contributed by atoms with Crippen LogP contribution < -0.4 is 5.73 Å². The van der Waals surface area contributed by atoms with E-state index in [0.717, 1.165) is 0 Å². The lowest BCUT2D eigenvalue weighted by Crippen LogP contribution is -2.21. The molecule has 0 saturated carbocycles. The van der Waals surface area contributed by atoms with Gasteiger partial charge in [-0.15, -0.1) is 12.4 Å². The smallest absolute Gasteiger partial charge is 0.324 e. The van der Waals surface area contributed by atoms with Gasteiger partial charge in [0, 0.05) is 6.04 Å². The fourth-order valence-corrected chi connectivity index (χ4v) is 1.36. The molecule has 0 spiro atoms. The second-order valence-corrected chi connectivity index (χ2v) is 3.70. The Morgan fingerprint density at radius 3 is 1.95 bits per heavy atom. The highest BCUT2D eigenvalue weighted by Crippen LogP contribution is 2.33. The first-order chi connectivity index (χ1) is 7.99. The van der Waals surface area contributed by atoms with E-state index in [1.165, 1.54) is 0 Å². The molecule has 0 unspecified atom stereocenters. The molecule has 1 rings (SSSR count). The number of nitrogens with two attached hydrogens (primary N) is 1. The van der Waals surface area contributed by atoms with Gasteiger partial charge in [0.25, 0.3) is 0 Å². The van der Waals surface area contributed by atoms with Crippen LogP contribution in [-0.2, 0) is 6.18 Å². The SMILES string of the molecule is Cl.N[C@@H](CC(F)(F)F)c1cc(F)cc(C(F)(F)F)c1. The van der Waals surface area contributed by atoms with Gasteiger partial charge in [-0.25, -0.2) is 4.39 Å².